The second-order valence-corrected chi connectivity index (χ2v) is 5.54. The molecule has 5 N–H and O–H groups in total. The van der Waals surface area contributed by atoms with E-state index in [0.29, 0.717) is 26.2 Å². The standard InChI is InChI=1S/C16H25N5O3/c1-2-13(17)15(22)19-20-16(23)18-11-12-5-3-4-6-14(12)21-7-9-24-10-8-21/h3-6,13H,2,7-11,17H2,1H3,(H,19,22)(H2,18,20,23). The number of carbonyl (C=O) groups excluding carboxylic acids is 2. The van der Waals surface area contributed by atoms with Gasteiger partial charge < -0.3 is 20.7 Å². The highest BCUT2D eigenvalue weighted by Crippen LogP contribution is 2.21. The Morgan fingerprint density at radius 3 is 2.67 bits per heavy atom. The number of carbonyl (C=O) groups is 2. The molecule has 1 atom stereocenters. The summed E-state index contributed by atoms with van der Waals surface area (Å²) in [7, 11) is 0. The van der Waals surface area contributed by atoms with Gasteiger partial charge >= 0.3 is 6.03 Å². The molecular weight excluding hydrogens is 310 g/mol. The average Bonchev–Trinajstić information content (AvgIpc) is 2.64. The first-order valence-corrected chi connectivity index (χ1v) is 8.11. The summed E-state index contributed by atoms with van der Waals surface area (Å²) in [4.78, 5) is 25.6. The number of hydrogen-bond acceptors (Lipinski definition) is 5. The van der Waals surface area contributed by atoms with Gasteiger partial charge in [0, 0.05) is 25.3 Å². The molecule has 8 heteroatoms. The van der Waals surface area contributed by atoms with Gasteiger partial charge in [-0.15, -0.1) is 0 Å². The Kier molecular flexibility index (Phi) is 6.83. The predicted octanol–water partition coefficient (Wildman–Crippen LogP) is 0.0909. The van der Waals surface area contributed by atoms with Gasteiger partial charge in [-0.25, -0.2) is 10.2 Å². The summed E-state index contributed by atoms with van der Waals surface area (Å²) in [5.41, 5.74) is 12.3. The van der Waals surface area contributed by atoms with Crippen molar-refractivity contribution in [1.82, 2.24) is 16.2 Å². The van der Waals surface area contributed by atoms with Crippen LogP contribution in [0.5, 0.6) is 0 Å². The molecule has 0 saturated carbocycles. The number of rotatable bonds is 5. The highest BCUT2D eigenvalue weighted by molar-refractivity contribution is 5.84. The maximum absolute atomic E-state index is 11.8. The van der Waals surface area contributed by atoms with E-state index in [9.17, 15) is 9.59 Å². The van der Waals surface area contributed by atoms with Crippen LogP contribution in [0.2, 0.25) is 0 Å². The molecule has 1 aromatic carbocycles. The lowest BCUT2D eigenvalue weighted by atomic mass is 10.1. The van der Waals surface area contributed by atoms with Gasteiger partial charge in [-0.1, -0.05) is 25.1 Å². The summed E-state index contributed by atoms with van der Waals surface area (Å²) < 4.78 is 5.37. The van der Waals surface area contributed by atoms with Crippen molar-refractivity contribution in [3.8, 4) is 0 Å². The van der Waals surface area contributed by atoms with Crippen molar-refractivity contribution >= 4 is 17.6 Å². The Bertz CT molecular complexity index is 560. The predicted molar refractivity (Wildman–Crippen MR) is 91.3 cm³/mol. The van der Waals surface area contributed by atoms with Crippen molar-refractivity contribution in [3.63, 3.8) is 0 Å². The fraction of sp³-hybridized carbons (Fsp3) is 0.500. The number of nitrogens with two attached hydrogens (primary N) is 1. The first-order chi connectivity index (χ1) is 11.6. The number of benzene rings is 1. The Morgan fingerprint density at radius 2 is 1.96 bits per heavy atom. The molecule has 1 fully saturated rings. The number of nitrogens with one attached hydrogen (secondary N) is 3. The fourth-order valence-electron chi connectivity index (χ4n) is 2.39. The molecule has 1 aliphatic heterocycles. The highest BCUT2D eigenvalue weighted by Gasteiger charge is 2.15. The first-order valence-electron chi connectivity index (χ1n) is 8.11. The lowest BCUT2D eigenvalue weighted by Crippen LogP contribution is -2.51. The van der Waals surface area contributed by atoms with Crippen LogP contribution in [-0.4, -0.2) is 44.3 Å². The minimum absolute atomic E-state index is 0.356. The van der Waals surface area contributed by atoms with E-state index in [4.69, 9.17) is 10.5 Å². The number of anilines is 1. The van der Waals surface area contributed by atoms with Crippen LogP contribution in [0, 0.1) is 0 Å². The zero-order chi connectivity index (χ0) is 17.4. The number of hydrogen-bond donors (Lipinski definition) is 4. The smallest absolute Gasteiger partial charge is 0.333 e. The van der Waals surface area contributed by atoms with Crippen molar-refractivity contribution in [3.05, 3.63) is 29.8 Å². The molecular formula is C16H25N5O3. The fourth-order valence-corrected chi connectivity index (χ4v) is 2.39. The Balaban J connectivity index is 1.85. The third-order valence-corrected chi connectivity index (χ3v) is 3.86. The van der Waals surface area contributed by atoms with Crippen molar-refractivity contribution < 1.29 is 14.3 Å². The van der Waals surface area contributed by atoms with E-state index >= 15 is 0 Å². The third-order valence-electron chi connectivity index (χ3n) is 3.86. The van der Waals surface area contributed by atoms with E-state index in [1.807, 2.05) is 24.3 Å². The number of nitrogens with zero attached hydrogens (tertiary/aromatic N) is 1. The summed E-state index contributed by atoms with van der Waals surface area (Å²) in [6.07, 6.45) is 0.502. The second kappa shape index (κ2) is 9.09. The Hall–Kier alpha value is -2.32. The topological polar surface area (TPSA) is 109 Å². The number of amides is 3. The molecule has 1 aliphatic rings. The Morgan fingerprint density at radius 1 is 1.25 bits per heavy atom. The molecule has 0 radical (unpaired) electrons. The van der Waals surface area contributed by atoms with Gasteiger partial charge in [0.25, 0.3) is 5.91 Å². The van der Waals surface area contributed by atoms with Crippen LogP contribution in [-0.2, 0) is 16.1 Å². The summed E-state index contributed by atoms with van der Waals surface area (Å²) in [5.74, 6) is -0.415. The minimum Gasteiger partial charge on any atom is -0.378 e. The number of hydrazine groups is 1. The molecule has 0 spiro atoms. The van der Waals surface area contributed by atoms with Crippen molar-refractivity contribution in [2.24, 2.45) is 5.73 Å². The molecule has 0 aliphatic carbocycles. The van der Waals surface area contributed by atoms with Crippen LogP contribution < -0.4 is 26.8 Å². The largest absolute Gasteiger partial charge is 0.378 e. The summed E-state index contributed by atoms with van der Waals surface area (Å²) >= 11 is 0. The lowest BCUT2D eigenvalue weighted by molar-refractivity contribution is -0.123. The van der Waals surface area contributed by atoms with Gasteiger partial charge in [0.05, 0.1) is 19.3 Å². The van der Waals surface area contributed by atoms with Gasteiger partial charge in [-0.2, -0.15) is 0 Å². The normalized spacial score (nSPS) is 15.5. The summed E-state index contributed by atoms with van der Waals surface area (Å²) in [6, 6.07) is 6.79. The van der Waals surface area contributed by atoms with E-state index in [1.54, 1.807) is 6.92 Å². The van der Waals surface area contributed by atoms with Crippen molar-refractivity contribution in [2.45, 2.75) is 25.9 Å². The van der Waals surface area contributed by atoms with E-state index in [0.717, 1.165) is 24.3 Å². The molecule has 8 nitrogen and oxygen atoms in total. The zero-order valence-electron chi connectivity index (χ0n) is 13.9. The molecule has 1 saturated heterocycles. The van der Waals surface area contributed by atoms with Gasteiger partial charge in [0.1, 0.15) is 0 Å². The quantitative estimate of drug-likeness (QED) is 0.570. The van der Waals surface area contributed by atoms with Crippen LogP contribution in [0.4, 0.5) is 10.5 Å². The maximum atomic E-state index is 11.8. The molecule has 0 aromatic heterocycles. The van der Waals surface area contributed by atoms with Crippen LogP contribution in [0.15, 0.2) is 24.3 Å². The maximum Gasteiger partial charge on any atom is 0.333 e. The van der Waals surface area contributed by atoms with Crippen molar-refractivity contribution in [2.75, 3.05) is 31.2 Å². The third kappa shape index (κ3) is 5.10. The van der Waals surface area contributed by atoms with Crippen LogP contribution in [0.25, 0.3) is 0 Å². The second-order valence-electron chi connectivity index (χ2n) is 5.54. The molecule has 3 amide bonds. The van der Waals surface area contributed by atoms with E-state index in [1.165, 1.54) is 0 Å². The number of para-hydroxylation sites is 1. The number of ether oxygens (including phenoxy) is 1. The van der Waals surface area contributed by atoms with Gasteiger partial charge in [0.15, 0.2) is 0 Å². The molecule has 1 aromatic rings. The SMILES string of the molecule is CCC(N)C(=O)NNC(=O)NCc1ccccc1N1CCOCC1. The highest BCUT2D eigenvalue weighted by atomic mass is 16.5. The van der Waals surface area contributed by atoms with Crippen LogP contribution >= 0.6 is 0 Å². The van der Waals surface area contributed by atoms with Gasteiger partial charge in [0.2, 0.25) is 0 Å². The molecule has 24 heavy (non-hydrogen) atoms. The monoisotopic (exact) mass is 335 g/mol. The zero-order valence-corrected chi connectivity index (χ0v) is 13.9. The number of urea groups is 1. The van der Waals surface area contributed by atoms with Crippen LogP contribution in [0.3, 0.4) is 0 Å². The van der Waals surface area contributed by atoms with Crippen LogP contribution in [0.1, 0.15) is 18.9 Å². The average molecular weight is 335 g/mol. The van der Waals surface area contributed by atoms with Gasteiger partial charge in [-0.05, 0) is 18.1 Å². The minimum atomic E-state index is -0.632. The van der Waals surface area contributed by atoms with E-state index in [-0.39, 0.29) is 0 Å². The van der Waals surface area contributed by atoms with E-state index in [2.05, 4.69) is 21.1 Å². The number of morpholine rings is 1. The van der Waals surface area contributed by atoms with E-state index < -0.39 is 18.0 Å². The molecule has 0 bridgehead atoms. The molecule has 132 valence electrons. The first kappa shape index (κ1) is 18.0. The van der Waals surface area contributed by atoms with Gasteiger partial charge in [-0.3, -0.25) is 10.2 Å². The van der Waals surface area contributed by atoms with Crippen molar-refractivity contribution in [1.29, 1.82) is 0 Å². The summed E-state index contributed by atoms with van der Waals surface area (Å²) in [5, 5.41) is 2.73. The molecule has 1 heterocycles. The molecule has 1 unspecified atom stereocenters. The Labute approximate surface area is 141 Å². The lowest BCUT2D eigenvalue weighted by Gasteiger charge is -2.30. The molecule has 2 rings (SSSR count). The summed E-state index contributed by atoms with van der Waals surface area (Å²) in [6.45, 7) is 5.21.